The summed E-state index contributed by atoms with van der Waals surface area (Å²) in [5.74, 6) is 0.390. The minimum atomic E-state index is -0.0507. The zero-order valence-electron chi connectivity index (χ0n) is 15.3. The van der Waals surface area contributed by atoms with Crippen LogP contribution in [0.5, 0.6) is 0 Å². The lowest BCUT2D eigenvalue weighted by Gasteiger charge is -2.49. The van der Waals surface area contributed by atoms with Gasteiger partial charge in [-0.05, 0) is 37.2 Å². The molecule has 4 heteroatoms. The van der Waals surface area contributed by atoms with Crippen LogP contribution in [-0.4, -0.2) is 48.3 Å². The third-order valence-corrected chi connectivity index (χ3v) is 5.79. The molecule has 134 valence electrons. The van der Waals surface area contributed by atoms with Crippen molar-refractivity contribution in [3.05, 3.63) is 48.0 Å². The molecule has 0 N–H and O–H groups in total. The molecule has 1 unspecified atom stereocenters. The van der Waals surface area contributed by atoms with Crippen molar-refractivity contribution in [3.63, 3.8) is 0 Å². The highest BCUT2D eigenvalue weighted by atomic mass is 16.2. The monoisotopic (exact) mass is 340 g/mol. The highest BCUT2D eigenvalue weighted by Crippen LogP contribution is 2.45. The van der Waals surface area contributed by atoms with Crippen molar-refractivity contribution in [2.45, 2.75) is 38.5 Å². The second-order valence-electron chi connectivity index (χ2n) is 7.52. The average Bonchev–Trinajstić information content (AvgIpc) is 2.64. The SMILES string of the molecule is CC=CCC(=O)N1CCC2(CC1)CC(c1ccccc1)C(=O)N(C)C2. The third kappa shape index (κ3) is 3.78. The summed E-state index contributed by atoms with van der Waals surface area (Å²) < 4.78 is 0. The number of nitrogens with zero attached hydrogens (tertiary/aromatic N) is 2. The minimum Gasteiger partial charge on any atom is -0.345 e. The quantitative estimate of drug-likeness (QED) is 0.793. The summed E-state index contributed by atoms with van der Waals surface area (Å²) in [7, 11) is 1.92. The highest BCUT2D eigenvalue weighted by Gasteiger charge is 2.45. The number of rotatable bonds is 3. The Morgan fingerprint density at radius 3 is 2.56 bits per heavy atom. The molecular weight excluding hydrogens is 312 g/mol. The molecule has 1 aromatic rings. The molecule has 2 aliphatic rings. The van der Waals surface area contributed by atoms with Gasteiger partial charge in [0.25, 0.3) is 0 Å². The van der Waals surface area contributed by atoms with E-state index in [1.54, 1.807) is 0 Å². The summed E-state index contributed by atoms with van der Waals surface area (Å²) in [6, 6.07) is 10.1. The summed E-state index contributed by atoms with van der Waals surface area (Å²) >= 11 is 0. The van der Waals surface area contributed by atoms with Gasteiger partial charge < -0.3 is 9.80 Å². The van der Waals surface area contributed by atoms with E-state index in [2.05, 4.69) is 12.1 Å². The molecule has 25 heavy (non-hydrogen) atoms. The predicted molar refractivity (Wildman–Crippen MR) is 99.1 cm³/mol. The van der Waals surface area contributed by atoms with Crippen LogP contribution in [-0.2, 0) is 9.59 Å². The molecule has 1 atom stereocenters. The van der Waals surface area contributed by atoms with Crippen LogP contribution in [0.25, 0.3) is 0 Å². The van der Waals surface area contributed by atoms with E-state index < -0.39 is 0 Å². The number of likely N-dealkylation sites (tertiary alicyclic amines) is 2. The first-order valence-corrected chi connectivity index (χ1v) is 9.23. The Morgan fingerprint density at radius 2 is 1.92 bits per heavy atom. The Balaban J connectivity index is 1.70. The number of carbonyl (C=O) groups is 2. The van der Waals surface area contributed by atoms with E-state index in [4.69, 9.17) is 0 Å². The summed E-state index contributed by atoms with van der Waals surface area (Å²) in [5.41, 5.74) is 1.26. The van der Waals surface area contributed by atoms with Gasteiger partial charge in [0.05, 0.1) is 5.92 Å². The molecule has 2 fully saturated rings. The largest absolute Gasteiger partial charge is 0.345 e. The van der Waals surface area contributed by atoms with E-state index in [0.29, 0.717) is 6.42 Å². The van der Waals surface area contributed by atoms with Gasteiger partial charge >= 0.3 is 0 Å². The van der Waals surface area contributed by atoms with E-state index in [1.807, 2.05) is 54.1 Å². The third-order valence-electron chi connectivity index (χ3n) is 5.79. The summed E-state index contributed by atoms with van der Waals surface area (Å²) in [6.07, 6.45) is 7.21. The Morgan fingerprint density at radius 1 is 1.24 bits per heavy atom. The maximum absolute atomic E-state index is 12.7. The lowest BCUT2D eigenvalue weighted by Crippen LogP contribution is -2.53. The van der Waals surface area contributed by atoms with Gasteiger partial charge in [0, 0.05) is 33.1 Å². The Hall–Kier alpha value is -2.10. The van der Waals surface area contributed by atoms with Gasteiger partial charge in [-0.2, -0.15) is 0 Å². The van der Waals surface area contributed by atoms with Crippen LogP contribution in [0.1, 0.15) is 44.1 Å². The van der Waals surface area contributed by atoms with Crippen molar-refractivity contribution in [1.82, 2.24) is 9.80 Å². The Bertz CT molecular complexity index is 645. The average molecular weight is 340 g/mol. The molecule has 0 aromatic heterocycles. The van der Waals surface area contributed by atoms with E-state index in [1.165, 1.54) is 0 Å². The zero-order chi connectivity index (χ0) is 17.9. The normalized spacial score (nSPS) is 23.4. The molecule has 2 aliphatic heterocycles. The molecule has 0 bridgehead atoms. The molecule has 0 aliphatic carbocycles. The van der Waals surface area contributed by atoms with Crippen molar-refractivity contribution >= 4 is 11.8 Å². The van der Waals surface area contributed by atoms with E-state index in [9.17, 15) is 9.59 Å². The molecule has 2 amide bonds. The number of hydrogen-bond acceptors (Lipinski definition) is 2. The predicted octanol–water partition coefficient (Wildman–Crippen LogP) is 3.21. The number of benzene rings is 1. The van der Waals surface area contributed by atoms with E-state index in [-0.39, 0.29) is 23.1 Å². The van der Waals surface area contributed by atoms with Gasteiger partial charge in [-0.25, -0.2) is 0 Å². The first-order valence-electron chi connectivity index (χ1n) is 9.23. The fraction of sp³-hybridized carbons (Fsp3) is 0.524. The minimum absolute atomic E-state index is 0.0507. The lowest BCUT2D eigenvalue weighted by atomic mass is 9.67. The molecule has 3 rings (SSSR count). The molecule has 4 nitrogen and oxygen atoms in total. The van der Waals surface area contributed by atoms with E-state index in [0.717, 1.165) is 44.5 Å². The Labute approximate surface area is 150 Å². The summed E-state index contributed by atoms with van der Waals surface area (Å²) in [6.45, 7) is 4.36. The van der Waals surface area contributed by atoms with Gasteiger partial charge in [-0.15, -0.1) is 0 Å². The fourth-order valence-corrected chi connectivity index (χ4v) is 4.32. The van der Waals surface area contributed by atoms with Crippen LogP contribution in [0.3, 0.4) is 0 Å². The van der Waals surface area contributed by atoms with Crippen molar-refractivity contribution in [3.8, 4) is 0 Å². The molecule has 2 saturated heterocycles. The second-order valence-corrected chi connectivity index (χ2v) is 7.52. The van der Waals surface area contributed by atoms with Gasteiger partial charge in [0.15, 0.2) is 0 Å². The molecule has 1 aromatic carbocycles. The van der Waals surface area contributed by atoms with Crippen LogP contribution in [0, 0.1) is 5.41 Å². The van der Waals surface area contributed by atoms with Crippen molar-refractivity contribution < 1.29 is 9.59 Å². The first kappa shape index (κ1) is 17.7. The number of allylic oxidation sites excluding steroid dienone is 1. The zero-order valence-corrected chi connectivity index (χ0v) is 15.3. The van der Waals surface area contributed by atoms with Crippen molar-refractivity contribution in [2.75, 3.05) is 26.7 Å². The van der Waals surface area contributed by atoms with Crippen LogP contribution < -0.4 is 0 Å². The van der Waals surface area contributed by atoms with Crippen LogP contribution >= 0.6 is 0 Å². The Kier molecular flexibility index (Phi) is 5.26. The van der Waals surface area contributed by atoms with Gasteiger partial charge in [-0.1, -0.05) is 42.5 Å². The van der Waals surface area contributed by atoms with Gasteiger partial charge in [-0.3, -0.25) is 9.59 Å². The maximum atomic E-state index is 12.7. The van der Waals surface area contributed by atoms with Crippen molar-refractivity contribution in [2.24, 2.45) is 5.41 Å². The van der Waals surface area contributed by atoms with Crippen LogP contribution in [0.2, 0.25) is 0 Å². The summed E-state index contributed by atoms with van der Waals surface area (Å²) in [4.78, 5) is 28.8. The molecule has 0 saturated carbocycles. The number of piperidine rings is 2. The van der Waals surface area contributed by atoms with E-state index >= 15 is 0 Å². The van der Waals surface area contributed by atoms with Gasteiger partial charge in [0.2, 0.25) is 11.8 Å². The molecular formula is C21H28N2O2. The molecule has 2 heterocycles. The molecule has 1 spiro atoms. The topological polar surface area (TPSA) is 40.6 Å². The number of hydrogen-bond donors (Lipinski definition) is 0. The van der Waals surface area contributed by atoms with Crippen molar-refractivity contribution in [1.29, 1.82) is 0 Å². The molecule has 0 radical (unpaired) electrons. The first-order chi connectivity index (χ1) is 12.0. The van der Waals surface area contributed by atoms with Gasteiger partial charge in [0.1, 0.15) is 0 Å². The van der Waals surface area contributed by atoms with Crippen LogP contribution in [0.4, 0.5) is 0 Å². The number of likely N-dealkylation sites (N-methyl/N-ethyl adjacent to an activating group) is 1. The number of amides is 2. The standard InChI is InChI=1S/C21H28N2O2/c1-3-4-10-19(24)23-13-11-21(12-14-23)15-18(20(25)22(2)16-21)17-8-6-5-7-9-17/h3-9,18H,10-16H2,1-2H3. The summed E-state index contributed by atoms with van der Waals surface area (Å²) in [5, 5.41) is 0. The van der Waals surface area contributed by atoms with Crippen LogP contribution in [0.15, 0.2) is 42.5 Å². The lowest BCUT2D eigenvalue weighted by molar-refractivity contribution is -0.142. The second kappa shape index (κ2) is 7.42. The maximum Gasteiger partial charge on any atom is 0.229 e. The smallest absolute Gasteiger partial charge is 0.229 e. The number of carbonyl (C=O) groups excluding carboxylic acids is 2. The highest BCUT2D eigenvalue weighted by molar-refractivity contribution is 5.84. The fourth-order valence-electron chi connectivity index (χ4n) is 4.32.